The maximum Gasteiger partial charge on any atom is 0.294 e. The number of nitrogens with one attached hydrogen (secondary N) is 1. The molecule has 0 aliphatic rings. The Morgan fingerprint density at radius 3 is 2.46 bits per heavy atom. The fourth-order valence-electron chi connectivity index (χ4n) is 2.31. The van der Waals surface area contributed by atoms with Crippen LogP contribution in [0.3, 0.4) is 0 Å². The van der Waals surface area contributed by atoms with E-state index in [2.05, 4.69) is 5.10 Å². The van der Waals surface area contributed by atoms with Crippen molar-refractivity contribution in [1.29, 1.82) is 0 Å². The zero-order valence-corrected chi connectivity index (χ0v) is 12.7. The van der Waals surface area contributed by atoms with Gasteiger partial charge in [-0.25, -0.2) is 4.68 Å². The van der Waals surface area contributed by atoms with Gasteiger partial charge in [0.25, 0.3) is 21.6 Å². The molecule has 3 rings (SSSR count). The maximum absolute atomic E-state index is 11.9. The van der Waals surface area contributed by atoms with E-state index in [9.17, 15) is 23.1 Å². The molecule has 0 spiro atoms. The molecule has 0 radical (unpaired) electrons. The maximum atomic E-state index is 11.9. The zero-order chi connectivity index (χ0) is 17.6. The van der Waals surface area contributed by atoms with Crippen molar-refractivity contribution >= 4 is 26.8 Å². The Bertz CT molecular complexity index is 1140. The monoisotopic (exact) mass is 349 g/mol. The third kappa shape index (κ3) is 2.64. The van der Waals surface area contributed by atoms with Gasteiger partial charge in [-0.2, -0.15) is 8.42 Å². The molecule has 0 unspecified atom stereocenters. The smallest absolute Gasteiger partial charge is 0.294 e. The summed E-state index contributed by atoms with van der Waals surface area (Å²) in [5, 5.41) is 13.0. The van der Waals surface area contributed by atoms with Gasteiger partial charge in [0.1, 0.15) is 11.4 Å². The molecular formula is C14H11N3O6S. The van der Waals surface area contributed by atoms with E-state index in [0.29, 0.717) is 5.39 Å². The summed E-state index contributed by atoms with van der Waals surface area (Å²) in [6.45, 7) is 0. The lowest BCUT2D eigenvalue weighted by atomic mass is 10.1. The second kappa shape index (κ2) is 5.22. The molecule has 5 N–H and O–H groups in total. The van der Waals surface area contributed by atoms with E-state index >= 15 is 0 Å². The summed E-state index contributed by atoms with van der Waals surface area (Å²) in [6, 6.07) is 7.45. The summed E-state index contributed by atoms with van der Waals surface area (Å²) in [5.41, 5.74) is 4.75. The van der Waals surface area contributed by atoms with E-state index in [1.165, 1.54) is 18.2 Å². The summed E-state index contributed by atoms with van der Waals surface area (Å²) in [6.07, 6.45) is 0. The molecule has 10 heteroatoms. The highest BCUT2D eigenvalue weighted by atomic mass is 32.2. The van der Waals surface area contributed by atoms with Crippen molar-refractivity contribution in [2.75, 3.05) is 0 Å². The first-order valence-electron chi connectivity index (χ1n) is 6.53. The first-order chi connectivity index (χ1) is 11.2. The number of aromatic amines is 1. The number of H-pyrrole nitrogens is 1. The molecule has 0 bridgehead atoms. The number of hydrogen-bond donors (Lipinski definition) is 4. The molecule has 0 saturated carbocycles. The van der Waals surface area contributed by atoms with Crippen LogP contribution < -0.4 is 11.3 Å². The van der Waals surface area contributed by atoms with Gasteiger partial charge >= 0.3 is 0 Å². The number of carbonyl (C=O) groups is 1. The van der Waals surface area contributed by atoms with Gasteiger partial charge in [0.05, 0.1) is 10.6 Å². The molecule has 2 aromatic carbocycles. The van der Waals surface area contributed by atoms with Crippen molar-refractivity contribution in [1.82, 2.24) is 9.78 Å². The molecular weight excluding hydrogens is 338 g/mol. The van der Waals surface area contributed by atoms with Gasteiger partial charge < -0.3 is 10.8 Å². The molecule has 3 aromatic rings. The number of rotatable bonds is 3. The van der Waals surface area contributed by atoms with Crippen molar-refractivity contribution in [2.45, 2.75) is 4.90 Å². The lowest BCUT2D eigenvalue weighted by molar-refractivity contribution is 0.0995. The Kier molecular flexibility index (Phi) is 3.43. The van der Waals surface area contributed by atoms with Crippen LogP contribution in [-0.2, 0) is 10.1 Å². The van der Waals surface area contributed by atoms with Crippen LogP contribution in [0.4, 0.5) is 0 Å². The van der Waals surface area contributed by atoms with Gasteiger partial charge in [-0.3, -0.25) is 19.2 Å². The molecule has 0 atom stereocenters. The Morgan fingerprint density at radius 2 is 1.88 bits per heavy atom. The van der Waals surface area contributed by atoms with E-state index in [4.69, 9.17) is 10.3 Å². The highest BCUT2D eigenvalue weighted by Crippen LogP contribution is 2.29. The predicted octanol–water partition coefficient (Wildman–Crippen LogP) is 0.370. The van der Waals surface area contributed by atoms with Crippen LogP contribution in [0.15, 0.2) is 46.1 Å². The number of benzene rings is 2. The number of carbonyl (C=O) groups excluding carboxylic acids is 1. The molecule has 9 nitrogen and oxygen atoms in total. The van der Waals surface area contributed by atoms with Crippen molar-refractivity contribution in [3.05, 3.63) is 52.4 Å². The Hall–Kier alpha value is -3.11. The number of phenolic OH excluding ortho intramolecular Hbond substituents is 1. The van der Waals surface area contributed by atoms with Crippen LogP contribution >= 0.6 is 0 Å². The van der Waals surface area contributed by atoms with Gasteiger partial charge in [0.15, 0.2) is 0 Å². The molecule has 1 aromatic heterocycles. The zero-order valence-electron chi connectivity index (χ0n) is 11.9. The average Bonchev–Trinajstić information content (AvgIpc) is 2.88. The number of primary amides is 1. The van der Waals surface area contributed by atoms with Gasteiger partial charge in [0.2, 0.25) is 0 Å². The number of aromatic nitrogens is 2. The van der Waals surface area contributed by atoms with Crippen molar-refractivity contribution in [2.24, 2.45) is 5.73 Å². The number of nitrogens with zero attached hydrogens (tertiary/aromatic N) is 1. The second-order valence-corrected chi connectivity index (χ2v) is 6.45. The largest absolute Gasteiger partial charge is 0.507 e. The second-order valence-electron chi connectivity index (χ2n) is 5.03. The van der Waals surface area contributed by atoms with Gasteiger partial charge in [-0.05, 0) is 29.7 Å². The fourth-order valence-corrected chi connectivity index (χ4v) is 2.85. The summed E-state index contributed by atoms with van der Waals surface area (Å²) >= 11 is 0. The molecule has 0 fully saturated rings. The molecule has 24 heavy (non-hydrogen) atoms. The van der Waals surface area contributed by atoms with E-state index < -0.39 is 26.5 Å². The third-order valence-corrected chi connectivity index (χ3v) is 4.26. The summed E-state index contributed by atoms with van der Waals surface area (Å²) < 4.78 is 32.7. The summed E-state index contributed by atoms with van der Waals surface area (Å²) in [4.78, 5) is 22.5. The molecule has 1 amide bonds. The van der Waals surface area contributed by atoms with Crippen molar-refractivity contribution < 1.29 is 22.9 Å². The Labute approximate surface area is 134 Å². The van der Waals surface area contributed by atoms with Crippen LogP contribution in [0, 0.1) is 0 Å². The fraction of sp³-hybridized carbons (Fsp3) is 0. The minimum atomic E-state index is -4.51. The lowest BCUT2D eigenvalue weighted by Gasteiger charge is -2.07. The number of fused-ring (bicyclic) bond motifs is 1. The highest BCUT2D eigenvalue weighted by molar-refractivity contribution is 7.85. The molecule has 0 saturated heterocycles. The third-order valence-electron chi connectivity index (χ3n) is 3.43. The van der Waals surface area contributed by atoms with Crippen molar-refractivity contribution in [3.63, 3.8) is 0 Å². The van der Waals surface area contributed by atoms with Crippen LogP contribution in [0.5, 0.6) is 5.75 Å². The topological polar surface area (TPSA) is 155 Å². The number of hydrogen-bond acceptors (Lipinski definition) is 5. The minimum Gasteiger partial charge on any atom is -0.507 e. The SMILES string of the molecule is NC(=O)c1cc(=O)n(-c2ccc3c(O)cc(S(=O)(=O)O)cc3c2)[nH]1. The van der Waals surface area contributed by atoms with Crippen LogP contribution in [-0.4, -0.2) is 33.8 Å². The Balaban J connectivity index is 2.25. The van der Waals surface area contributed by atoms with Crippen LogP contribution in [0.2, 0.25) is 0 Å². The number of nitrogens with two attached hydrogens (primary N) is 1. The number of aromatic hydroxyl groups is 1. The number of amides is 1. The lowest BCUT2D eigenvalue weighted by Crippen LogP contribution is -2.14. The standard InChI is InChI=1S/C14H11N3O6S/c15-14(20)11-6-13(19)17(16-11)8-1-2-10-7(3-8)4-9(5-12(10)18)24(21,22)23/h1-6,16,18H,(H2,15,20)(H,21,22,23). The van der Waals surface area contributed by atoms with Gasteiger partial charge in [0, 0.05) is 17.5 Å². The average molecular weight is 349 g/mol. The van der Waals surface area contributed by atoms with Gasteiger partial charge in [-0.15, -0.1) is 0 Å². The van der Waals surface area contributed by atoms with E-state index in [1.807, 2.05) is 0 Å². The van der Waals surface area contributed by atoms with E-state index in [0.717, 1.165) is 22.9 Å². The van der Waals surface area contributed by atoms with Gasteiger partial charge in [-0.1, -0.05) is 0 Å². The quantitative estimate of drug-likeness (QED) is 0.501. The van der Waals surface area contributed by atoms with Crippen molar-refractivity contribution in [3.8, 4) is 11.4 Å². The molecule has 1 heterocycles. The van der Waals surface area contributed by atoms with Crippen LogP contribution in [0.1, 0.15) is 10.5 Å². The first-order valence-corrected chi connectivity index (χ1v) is 7.97. The molecule has 0 aliphatic carbocycles. The highest BCUT2D eigenvalue weighted by Gasteiger charge is 2.15. The molecule has 0 aliphatic heterocycles. The summed E-state index contributed by atoms with van der Waals surface area (Å²) in [5.74, 6) is -1.15. The normalized spacial score (nSPS) is 11.7. The first kappa shape index (κ1) is 15.8. The predicted molar refractivity (Wildman–Crippen MR) is 83.9 cm³/mol. The molecule has 124 valence electrons. The van der Waals surface area contributed by atoms with E-state index in [1.54, 1.807) is 0 Å². The minimum absolute atomic E-state index is 0.0883. The number of phenols is 1. The van der Waals surface area contributed by atoms with E-state index in [-0.39, 0.29) is 22.5 Å². The summed E-state index contributed by atoms with van der Waals surface area (Å²) in [7, 11) is -4.51. The van der Waals surface area contributed by atoms with Crippen LogP contribution in [0.25, 0.3) is 16.5 Å². The Morgan fingerprint density at radius 1 is 1.17 bits per heavy atom.